The van der Waals surface area contributed by atoms with E-state index in [1.165, 1.54) is 11.8 Å². The zero-order valence-corrected chi connectivity index (χ0v) is 25.1. The Morgan fingerprint density at radius 1 is 0.973 bits per heavy atom. The van der Waals surface area contributed by atoms with Crippen LogP contribution in [0.15, 0.2) is 77.3 Å². The van der Waals surface area contributed by atoms with Crippen LogP contribution in [0.5, 0.6) is 0 Å². The van der Waals surface area contributed by atoms with Gasteiger partial charge >= 0.3 is 0 Å². The maximum Gasteiger partial charge on any atom is 0.243 e. The molecule has 0 spiro atoms. The number of halogens is 3. The summed E-state index contributed by atoms with van der Waals surface area (Å²) in [6.07, 6.45) is 0.386. The molecule has 4 nitrogen and oxygen atoms in total. The normalized spacial score (nSPS) is 12.2. The van der Waals surface area contributed by atoms with Crippen LogP contribution in [0.2, 0.25) is 10.0 Å². The van der Waals surface area contributed by atoms with Crippen LogP contribution in [-0.4, -0.2) is 34.0 Å². The standard InChI is InChI=1S/C29H31BrCl2N2O2S/c1-29(2,3)33-28(36)26(15-20-7-5-4-6-8-20)34(17-22-11-14-24(31)16-25(22)32)27(35)19-37-18-21-9-12-23(30)13-10-21/h4-14,16,26H,15,17-19H2,1-3H3,(H,33,36)/t26-/m0/s1. The summed E-state index contributed by atoms with van der Waals surface area (Å²) in [6, 6.07) is 22.3. The Kier molecular flexibility index (Phi) is 10.9. The maximum absolute atomic E-state index is 13.7. The molecule has 2 amide bonds. The van der Waals surface area contributed by atoms with Gasteiger partial charge in [0.25, 0.3) is 0 Å². The van der Waals surface area contributed by atoms with Gasteiger partial charge in [-0.15, -0.1) is 11.8 Å². The van der Waals surface area contributed by atoms with E-state index in [0.717, 1.165) is 21.2 Å². The van der Waals surface area contributed by atoms with Crippen LogP contribution in [0.1, 0.15) is 37.5 Å². The van der Waals surface area contributed by atoms with Gasteiger partial charge in [0.05, 0.1) is 5.75 Å². The monoisotopic (exact) mass is 620 g/mol. The molecule has 0 bridgehead atoms. The van der Waals surface area contributed by atoms with E-state index < -0.39 is 11.6 Å². The fourth-order valence-electron chi connectivity index (χ4n) is 3.76. The minimum atomic E-state index is -0.714. The second-order valence-corrected chi connectivity index (χ2v) is 12.6. The van der Waals surface area contributed by atoms with E-state index in [1.807, 2.05) is 75.4 Å². The summed E-state index contributed by atoms with van der Waals surface area (Å²) >= 11 is 17.6. The summed E-state index contributed by atoms with van der Waals surface area (Å²) in [5.74, 6) is 0.590. The zero-order chi connectivity index (χ0) is 27.0. The predicted molar refractivity (Wildman–Crippen MR) is 159 cm³/mol. The molecule has 3 rings (SSSR count). The smallest absolute Gasteiger partial charge is 0.243 e. The lowest BCUT2D eigenvalue weighted by Crippen LogP contribution is -2.54. The summed E-state index contributed by atoms with van der Waals surface area (Å²) in [6.45, 7) is 5.99. The van der Waals surface area contributed by atoms with Crippen molar-refractivity contribution < 1.29 is 9.59 Å². The first kappa shape index (κ1) is 29.6. The quantitative estimate of drug-likeness (QED) is 0.254. The van der Waals surface area contributed by atoms with Crippen molar-refractivity contribution in [2.75, 3.05) is 5.75 Å². The molecule has 0 heterocycles. The van der Waals surface area contributed by atoms with Gasteiger partial charge in [-0.2, -0.15) is 0 Å². The van der Waals surface area contributed by atoms with Crippen molar-refractivity contribution in [3.05, 3.63) is 104 Å². The van der Waals surface area contributed by atoms with Crippen molar-refractivity contribution in [3.8, 4) is 0 Å². The number of carbonyl (C=O) groups is 2. The molecule has 0 aromatic heterocycles. The van der Waals surface area contributed by atoms with Gasteiger partial charge in [0, 0.05) is 38.8 Å². The number of hydrogen-bond donors (Lipinski definition) is 1. The molecule has 1 atom stereocenters. The average Bonchev–Trinajstić information content (AvgIpc) is 2.83. The highest BCUT2D eigenvalue weighted by molar-refractivity contribution is 9.10. The van der Waals surface area contributed by atoms with E-state index in [0.29, 0.717) is 22.2 Å². The van der Waals surface area contributed by atoms with Crippen LogP contribution >= 0.6 is 50.9 Å². The SMILES string of the molecule is CC(C)(C)NC(=O)[C@H](Cc1ccccc1)N(Cc1ccc(Cl)cc1Cl)C(=O)CSCc1ccc(Br)cc1. The molecule has 3 aromatic carbocycles. The van der Waals surface area contributed by atoms with Gasteiger partial charge in [-0.3, -0.25) is 9.59 Å². The average molecular weight is 622 g/mol. The molecule has 37 heavy (non-hydrogen) atoms. The summed E-state index contributed by atoms with van der Waals surface area (Å²) in [5.41, 5.74) is 2.38. The summed E-state index contributed by atoms with van der Waals surface area (Å²) in [5, 5.41) is 4.05. The Labute approximate surface area is 242 Å². The fraction of sp³-hybridized carbons (Fsp3) is 0.310. The number of hydrogen-bond acceptors (Lipinski definition) is 3. The van der Waals surface area contributed by atoms with Gasteiger partial charge in [-0.1, -0.05) is 87.7 Å². The third-order valence-electron chi connectivity index (χ3n) is 5.53. The topological polar surface area (TPSA) is 49.4 Å². The van der Waals surface area contributed by atoms with Crippen LogP contribution in [-0.2, 0) is 28.3 Å². The van der Waals surface area contributed by atoms with Crippen molar-refractivity contribution >= 4 is 62.7 Å². The number of thioether (sulfide) groups is 1. The molecule has 0 unspecified atom stereocenters. The number of rotatable bonds is 10. The molecule has 0 aliphatic carbocycles. The third kappa shape index (κ3) is 9.68. The Morgan fingerprint density at radius 3 is 2.27 bits per heavy atom. The van der Waals surface area contributed by atoms with E-state index in [1.54, 1.807) is 23.1 Å². The first-order valence-corrected chi connectivity index (χ1v) is 14.6. The highest BCUT2D eigenvalue weighted by Crippen LogP contribution is 2.25. The van der Waals surface area contributed by atoms with Crippen LogP contribution in [0, 0.1) is 0 Å². The Bertz CT molecular complexity index is 1200. The summed E-state index contributed by atoms with van der Waals surface area (Å²) in [7, 11) is 0. The molecular weight excluding hydrogens is 591 g/mol. The molecule has 0 radical (unpaired) electrons. The summed E-state index contributed by atoms with van der Waals surface area (Å²) < 4.78 is 1.01. The molecular formula is C29H31BrCl2N2O2S. The number of nitrogens with zero attached hydrogens (tertiary/aromatic N) is 1. The van der Waals surface area contributed by atoms with E-state index in [4.69, 9.17) is 23.2 Å². The molecule has 196 valence electrons. The van der Waals surface area contributed by atoms with Gasteiger partial charge < -0.3 is 10.2 Å². The van der Waals surface area contributed by atoms with Crippen molar-refractivity contribution in [1.29, 1.82) is 0 Å². The minimum absolute atomic E-state index is 0.127. The molecule has 1 N–H and O–H groups in total. The summed E-state index contributed by atoms with van der Waals surface area (Å²) in [4.78, 5) is 29.0. The lowest BCUT2D eigenvalue weighted by Gasteiger charge is -2.34. The van der Waals surface area contributed by atoms with E-state index in [2.05, 4.69) is 21.2 Å². The molecule has 3 aromatic rings. The van der Waals surface area contributed by atoms with E-state index in [9.17, 15) is 9.59 Å². The molecule has 0 saturated carbocycles. The van der Waals surface area contributed by atoms with E-state index in [-0.39, 0.29) is 24.1 Å². The van der Waals surface area contributed by atoms with Gasteiger partial charge in [0.2, 0.25) is 11.8 Å². The third-order valence-corrected chi connectivity index (χ3v) is 7.64. The molecule has 0 aliphatic heterocycles. The first-order valence-electron chi connectivity index (χ1n) is 11.9. The van der Waals surface area contributed by atoms with Gasteiger partial charge in [0.15, 0.2) is 0 Å². The van der Waals surface area contributed by atoms with E-state index >= 15 is 0 Å². The van der Waals surface area contributed by atoms with Gasteiger partial charge in [-0.25, -0.2) is 0 Å². The second kappa shape index (κ2) is 13.7. The van der Waals surface area contributed by atoms with Crippen molar-refractivity contribution in [2.24, 2.45) is 0 Å². The number of benzene rings is 3. The molecule has 8 heteroatoms. The Hall–Kier alpha value is -1.99. The number of carbonyl (C=O) groups excluding carboxylic acids is 2. The lowest BCUT2D eigenvalue weighted by molar-refractivity contribution is -0.140. The highest BCUT2D eigenvalue weighted by Gasteiger charge is 2.32. The molecule has 0 fully saturated rings. The fourth-order valence-corrected chi connectivity index (χ4v) is 5.36. The van der Waals surface area contributed by atoms with Gasteiger partial charge in [0.1, 0.15) is 6.04 Å². The number of amides is 2. The second-order valence-electron chi connectivity index (χ2n) is 9.82. The molecule has 0 aliphatic rings. The van der Waals surface area contributed by atoms with Crippen LogP contribution < -0.4 is 5.32 Å². The van der Waals surface area contributed by atoms with Crippen LogP contribution in [0.4, 0.5) is 0 Å². The highest BCUT2D eigenvalue weighted by atomic mass is 79.9. The zero-order valence-electron chi connectivity index (χ0n) is 21.1. The largest absolute Gasteiger partial charge is 0.350 e. The lowest BCUT2D eigenvalue weighted by atomic mass is 10.0. The minimum Gasteiger partial charge on any atom is -0.350 e. The Balaban J connectivity index is 1.89. The number of nitrogens with one attached hydrogen (secondary N) is 1. The van der Waals surface area contributed by atoms with Crippen molar-refractivity contribution in [3.63, 3.8) is 0 Å². The van der Waals surface area contributed by atoms with Crippen LogP contribution in [0.25, 0.3) is 0 Å². The Morgan fingerprint density at radius 2 is 1.65 bits per heavy atom. The first-order chi connectivity index (χ1) is 17.5. The maximum atomic E-state index is 13.7. The predicted octanol–water partition coefficient (Wildman–Crippen LogP) is 7.54. The van der Waals surface area contributed by atoms with Crippen molar-refractivity contribution in [1.82, 2.24) is 10.2 Å². The van der Waals surface area contributed by atoms with Gasteiger partial charge in [-0.05, 0) is 61.7 Å². The van der Waals surface area contributed by atoms with Crippen molar-refractivity contribution in [2.45, 2.75) is 51.1 Å². The van der Waals surface area contributed by atoms with Crippen LogP contribution in [0.3, 0.4) is 0 Å². The molecule has 0 saturated heterocycles.